The molecule has 7 heteroatoms. The number of nitrogens with one attached hydrogen (secondary N) is 1. The van der Waals surface area contributed by atoms with Crippen molar-refractivity contribution in [2.75, 3.05) is 6.54 Å². The van der Waals surface area contributed by atoms with Gasteiger partial charge in [0.2, 0.25) is 10.0 Å². The second-order valence-corrected chi connectivity index (χ2v) is 6.57. The summed E-state index contributed by atoms with van der Waals surface area (Å²) < 4.78 is 28.8. The van der Waals surface area contributed by atoms with Crippen LogP contribution in [0.15, 0.2) is 41.8 Å². The van der Waals surface area contributed by atoms with Crippen molar-refractivity contribution in [3.05, 3.63) is 48.0 Å². The smallest absolute Gasteiger partial charge is 0.240 e. The van der Waals surface area contributed by atoms with Crippen molar-refractivity contribution in [1.82, 2.24) is 14.3 Å². The van der Waals surface area contributed by atoms with Crippen LogP contribution in [0.2, 0.25) is 0 Å². The summed E-state index contributed by atoms with van der Waals surface area (Å²) in [5, 5.41) is 9.20. The molecule has 1 heterocycles. The van der Waals surface area contributed by atoms with Crippen LogP contribution in [-0.4, -0.2) is 29.6 Å². The third kappa shape index (κ3) is 4.13. The zero-order chi connectivity index (χ0) is 15.3. The molecule has 2 N–H and O–H groups in total. The van der Waals surface area contributed by atoms with Crippen molar-refractivity contribution in [3.63, 3.8) is 0 Å². The molecule has 0 atom stereocenters. The standard InChI is InChI=1S/C14H19N3O3S/c1-12-3-4-14(9-13(12)10-18)21(19,20)16-5-2-7-17-8-6-15-11-17/h3-4,6,8-9,11,16,18H,2,5,7,10H2,1H3. The molecule has 0 spiro atoms. The Kier molecular flexibility index (Phi) is 5.11. The van der Waals surface area contributed by atoms with E-state index < -0.39 is 10.0 Å². The molecule has 0 aliphatic rings. The molecule has 2 rings (SSSR count). The van der Waals surface area contributed by atoms with E-state index in [4.69, 9.17) is 0 Å². The van der Waals surface area contributed by atoms with E-state index >= 15 is 0 Å². The van der Waals surface area contributed by atoms with Crippen LogP contribution >= 0.6 is 0 Å². The van der Waals surface area contributed by atoms with E-state index in [1.807, 2.05) is 17.7 Å². The van der Waals surface area contributed by atoms with E-state index in [2.05, 4.69) is 9.71 Å². The van der Waals surface area contributed by atoms with Gasteiger partial charge < -0.3 is 9.67 Å². The average molecular weight is 309 g/mol. The Labute approximate surface area is 124 Å². The predicted octanol–water partition coefficient (Wildman–Crippen LogP) is 1.05. The van der Waals surface area contributed by atoms with Crippen LogP contribution in [0.3, 0.4) is 0 Å². The lowest BCUT2D eigenvalue weighted by Gasteiger charge is -2.09. The summed E-state index contributed by atoms with van der Waals surface area (Å²) in [5.41, 5.74) is 1.49. The molecule has 1 aromatic carbocycles. The van der Waals surface area contributed by atoms with Crippen LogP contribution in [0.4, 0.5) is 0 Å². The molecule has 6 nitrogen and oxygen atoms in total. The van der Waals surface area contributed by atoms with Crippen LogP contribution in [0.1, 0.15) is 17.5 Å². The molecule has 21 heavy (non-hydrogen) atoms. The van der Waals surface area contributed by atoms with Gasteiger partial charge in [0.1, 0.15) is 0 Å². The molecule has 0 aliphatic carbocycles. The lowest BCUT2D eigenvalue weighted by Crippen LogP contribution is -2.25. The number of aliphatic hydroxyl groups is 1. The second kappa shape index (κ2) is 6.84. The van der Waals surface area contributed by atoms with E-state index in [0.29, 0.717) is 25.1 Å². The second-order valence-electron chi connectivity index (χ2n) is 4.80. The van der Waals surface area contributed by atoms with E-state index in [0.717, 1.165) is 5.56 Å². The third-order valence-electron chi connectivity index (χ3n) is 3.25. The Morgan fingerprint density at radius 1 is 1.38 bits per heavy atom. The lowest BCUT2D eigenvalue weighted by molar-refractivity contribution is 0.280. The Hall–Kier alpha value is -1.70. The topological polar surface area (TPSA) is 84.2 Å². The third-order valence-corrected chi connectivity index (χ3v) is 4.70. The minimum atomic E-state index is -3.54. The Morgan fingerprint density at radius 2 is 2.19 bits per heavy atom. The molecule has 0 bridgehead atoms. The minimum Gasteiger partial charge on any atom is -0.392 e. The number of aliphatic hydroxyl groups excluding tert-OH is 1. The van der Waals surface area contributed by atoms with Gasteiger partial charge in [0.05, 0.1) is 17.8 Å². The van der Waals surface area contributed by atoms with Gasteiger partial charge in [-0.15, -0.1) is 0 Å². The molecular weight excluding hydrogens is 290 g/mol. The Morgan fingerprint density at radius 3 is 2.86 bits per heavy atom. The largest absolute Gasteiger partial charge is 0.392 e. The summed E-state index contributed by atoms with van der Waals surface area (Å²) in [6, 6.07) is 4.76. The van der Waals surface area contributed by atoms with Crippen molar-refractivity contribution in [2.24, 2.45) is 0 Å². The maximum atomic E-state index is 12.2. The van der Waals surface area contributed by atoms with Crippen molar-refractivity contribution in [2.45, 2.75) is 31.4 Å². The van der Waals surface area contributed by atoms with Crippen molar-refractivity contribution in [1.29, 1.82) is 0 Å². The summed E-state index contributed by atoms with van der Waals surface area (Å²) >= 11 is 0. The predicted molar refractivity (Wildman–Crippen MR) is 79.1 cm³/mol. The van der Waals surface area contributed by atoms with Gasteiger partial charge in [-0.1, -0.05) is 6.07 Å². The molecule has 0 saturated heterocycles. The molecule has 114 valence electrons. The fraction of sp³-hybridized carbons (Fsp3) is 0.357. The average Bonchev–Trinajstić information content (AvgIpc) is 2.97. The summed E-state index contributed by atoms with van der Waals surface area (Å²) in [7, 11) is -3.54. The van der Waals surface area contributed by atoms with Gasteiger partial charge in [-0.25, -0.2) is 18.1 Å². The van der Waals surface area contributed by atoms with Gasteiger partial charge in [0.25, 0.3) is 0 Å². The number of hydrogen-bond acceptors (Lipinski definition) is 4. The number of sulfonamides is 1. The first-order valence-corrected chi connectivity index (χ1v) is 8.17. The number of imidazole rings is 1. The van der Waals surface area contributed by atoms with Crippen LogP contribution < -0.4 is 4.72 Å². The van der Waals surface area contributed by atoms with Crippen LogP contribution in [0, 0.1) is 6.92 Å². The van der Waals surface area contributed by atoms with E-state index in [9.17, 15) is 13.5 Å². The first-order valence-electron chi connectivity index (χ1n) is 6.69. The molecule has 1 aromatic heterocycles. The number of aryl methyl sites for hydroxylation is 2. The van der Waals surface area contributed by atoms with Crippen LogP contribution in [-0.2, 0) is 23.2 Å². The van der Waals surface area contributed by atoms with Gasteiger partial charge in [-0.2, -0.15) is 0 Å². The summed E-state index contributed by atoms with van der Waals surface area (Å²) in [6.45, 7) is 2.72. The minimum absolute atomic E-state index is 0.171. The molecule has 0 amide bonds. The van der Waals surface area contributed by atoms with Gasteiger partial charge in [-0.3, -0.25) is 0 Å². The van der Waals surface area contributed by atoms with E-state index in [1.54, 1.807) is 24.7 Å². The number of benzene rings is 1. The molecule has 0 fully saturated rings. The van der Waals surface area contributed by atoms with Crippen molar-refractivity contribution < 1.29 is 13.5 Å². The van der Waals surface area contributed by atoms with Gasteiger partial charge in [0, 0.05) is 25.5 Å². The SMILES string of the molecule is Cc1ccc(S(=O)(=O)NCCCn2ccnc2)cc1CO. The number of rotatable bonds is 7. The molecule has 2 aromatic rings. The highest BCUT2D eigenvalue weighted by molar-refractivity contribution is 7.89. The number of nitrogens with zero attached hydrogens (tertiary/aromatic N) is 2. The fourth-order valence-corrected chi connectivity index (χ4v) is 3.08. The molecular formula is C14H19N3O3S. The van der Waals surface area contributed by atoms with Crippen LogP contribution in [0.5, 0.6) is 0 Å². The zero-order valence-electron chi connectivity index (χ0n) is 11.9. The molecule has 0 radical (unpaired) electrons. The zero-order valence-corrected chi connectivity index (χ0v) is 12.7. The molecule has 0 unspecified atom stereocenters. The first kappa shape index (κ1) is 15.7. The van der Waals surface area contributed by atoms with Crippen molar-refractivity contribution in [3.8, 4) is 0 Å². The maximum absolute atomic E-state index is 12.2. The Balaban J connectivity index is 1.95. The summed E-state index contributed by atoms with van der Waals surface area (Å²) in [6.07, 6.45) is 5.89. The molecule has 0 aliphatic heterocycles. The van der Waals surface area contributed by atoms with Gasteiger partial charge >= 0.3 is 0 Å². The number of aromatic nitrogens is 2. The summed E-state index contributed by atoms with van der Waals surface area (Å²) in [5.74, 6) is 0. The molecule has 0 saturated carbocycles. The number of hydrogen-bond donors (Lipinski definition) is 2. The van der Waals surface area contributed by atoms with Gasteiger partial charge in [-0.05, 0) is 36.6 Å². The highest BCUT2D eigenvalue weighted by Gasteiger charge is 2.14. The van der Waals surface area contributed by atoms with Crippen LogP contribution in [0.25, 0.3) is 0 Å². The summed E-state index contributed by atoms with van der Waals surface area (Å²) in [4.78, 5) is 4.11. The van der Waals surface area contributed by atoms with Crippen molar-refractivity contribution >= 4 is 10.0 Å². The maximum Gasteiger partial charge on any atom is 0.240 e. The first-order chi connectivity index (χ1) is 10.0. The van der Waals surface area contributed by atoms with Gasteiger partial charge in [0.15, 0.2) is 0 Å². The quantitative estimate of drug-likeness (QED) is 0.749. The lowest BCUT2D eigenvalue weighted by atomic mass is 10.1. The monoisotopic (exact) mass is 309 g/mol. The normalized spacial score (nSPS) is 11.7. The Bertz CT molecular complexity index is 681. The van der Waals surface area contributed by atoms with E-state index in [1.165, 1.54) is 6.07 Å². The highest BCUT2D eigenvalue weighted by atomic mass is 32.2. The van der Waals surface area contributed by atoms with E-state index in [-0.39, 0.29) is 11.5 Å². The fourth-order valence-electron chi connectivity index (χ4n) is 1.96. The highest BCUT2D eigenvalue weighted by Crippen LogP contribution is 2.15.